The highest BCUT2D eigenvalue weighted by Gasteiger charge is 2.22. The number of nitrogens with zero attached hydrogens (tertiary/aromatic N) is 1. The first-order chi connectivity index (χ1) is 9.72. The maximum atomic E-state index is 11.8. The van der Waals surface area contributed by atoms with Gasteiger partial charge in [0, 0.05) is 30.6 Å². The summed E-state index contributed by atoms with van der Waals surface area (Å²) >= 11 is 6.35. The SMILES string of the molecule is CCOC(=O)Cn1c2c(c3cccc(Cl)c31)CNCC2. The fourth-order valence-corrected chi connectivity index (χ4v) is 3.18. The fourth-order valence-electron chi connectivity index (χ4n) is 2.90. The molecular weight excluding hydrogens is 276 g/mol. The molecule has 5 heteroatoms. The number of carbonyl (C=O) groups excluding carboxylic acids is 1. The molecule has 106 valence electrons. The Kier molecular flexibility index (Phi) is 3.68. The molecule has 2 heterocycles. The molecule has 20 heavy (non-hydrogen) atoms. The third-order valence-corrected chi connectivity index (χ3v) is 3.99. The van der Waals surface area contributed by atoms with Gasteiger partial charge < -0.3 is 14.6 Å². The number of esters is 1. The molecule has 1 aromatic heterocycles. The number of halogens is 1. The van der Waals surface area contributed by atoms with Gasteiger partial charge in [0.05, 0.1) is 17.1 Å². The Labute approximate surface area is 122 Å². The van der Waals surface area contributed by atoms with E-state index in [1.165, 1.54) is 11.3 Å². The highest BCUT2D eigenvalue weighted by atomic mass is 35.5. The normalized spacial score (nSPS) is 14.3. The van der Waals surface area contributed by atoms with Crippen LogP contribution in [-0.4, -0.2) is 23.7 Å². The number of para-hydroxylation sites is 1. The van der Waals surface area contributed by atoms with E-state index in [9.17, 15) is 4.79 Å². The van der Waals surface area contributed by atoms with Crippen molar-refractivity contribution in [3.8, 4) is 0 Å². The highest BCUT2D eigenvalue weighted by Crippen LogP contribution is 2.33. The molecule has 1 N–H and O–H groups in total. The largest absolute Gasteiger partial charge is 0.465 e. The fraction of sp³-hybridized carbons (Fsp3) is 0.400. The van der Waals surface area contributed by atoms with Gasteiger partial charge in [0.15, 0.2) is 0 Å². The van der Waals surface area contributed by atoms with Crippen LogP contribution < -0.4 is 5.32 Å². The van der Waals surface area contributed by atoms with Crippen molar-refractivity contribution >= 4 is 28.5 Å². The molecule has 4 nitrogen and oxygen atoms in total. The highest BCUT2D eigenvalue weighted by molar-refractivity contribution is 6.35. The number of benzene rings is 1. The van der Waals surface area contributed by atoms with Crippen molar-refractivity contribution in [3.05, 3.63) is 34.5 Å². The molecule has 1 aliphatic rings. The number of hydrogen-bond acceptors (Lipinski definition) is 3. The maximum absolute atomic E-state index is 11.8. The minimum absolute atomic E-state index is 0.217. The van der Waals surface area contributed by atoms with E-state index < -0.39 is 0 Å². The average molecular weight is 293 g/mol. The first kappa shape index (κ1) is 13.5. The topological polar surface area (TPSA) is 43.3 Å². The molecule has 0 saturated heterocycles. The number of aromatic nitrogens is 1. The zero-order valence-corrected chi connectivity index (χ0v) is 12.2. The van der Waals surface area contributed by atoms with E-state index in [-0.39, 0.29) is 12.5 Å². The van der Waals surface area contributed by atoms with Crippen LogP contribution in [-0.2, 0) is 29.0 Å². The van der Waals surface area contributed by atoms with Crippen molar-refractivity contribution in [2.75, 3.05) is 13.2 Å². The zero-order valence-electron chi connectivity index (χ0n) is 11.4. The van der Waals surface area contributed by atoms with Crippen LogP contribution in [0.3, 0.4) is 0 Å². The molecule has 0 bridgehead atoms. The Hall–Kier alpha value is -1.52. The van der Waals surface area contributed by atoms with Gasteiger partial charge in [0.2, 0.25) is 0 Å². The molecule has 0 spiro atoms. The molecule has 0 radical (unpaired) electrons. The number of rotatable bonds is 3. The van der Waals surface area contributed by atoms with Crippen molar-refractivity contribution in [1.29, 1.82) is 0 Å². The summed E-state index contributed by atoms with van der Waals surface area (Å²) in [4.78, 5) is 11.8. The summed E-state index contributed by atoms with van der Waals surface area (Å²) in [5, 5.41) is 5.18. The van der Waals surface area contributed by atoms with Crippen molar-refractivity contribution < 1.29 is 9.53 Å². The lowest BCUT2D eigenvalue weighted by Gasteiger charge is -2.16. The molecule has 0 amide bonds. The lowest BCUT2D eigenvalue weighted by Crippen LogP contribution is -2.25. The van der Waals surface area contributed by atoms with Gasteiger partial charge in [-0.1, -0.05) is 23.7 Å². The van der Waals surface area contributed by atoms with Gasteiger partial charge in [0.1, 0.15) is 6.54 Å². The summed E-state index contributed by atoms with van der Waals surface area (Å²) in [5.41, 5.74) is 3.38. The third-order valence-electron chi connectivity index (χ3n) is 3.69. The molecular formula is C15H17ClN2O2. The molecule has 1 aromatic carbocycles. The Morgan fingerprint density at radius 2 is 2.35 bits per heavy atom. The van der Waals surface area contributed by atoms with E-state index in [2.05, 4.69) is 11.4 Å². The summed E-state index contributed by atoms with van der Waals surface area (Å²) in [6.45, 7) is 4.18. The molecule has 1 aliphatic heterocycles. The van der Waals surface area contributed by atoms with Crippen LogP contribution in [0.15, 0.2) is 18.2 Å². The number of nitrogens with one attached hydrogen (secondary N) is 1. The molecule has 3 rings (SSSR count). The Balaban J connectivity index is 2.16. The number of hydrogen-bond donors (Lipinski definition) is 1. The van der Waals surface area contributed by atoms with E-state index in [1.807, 2.05) is 23.6 Å². The van der Waals surface area contributed by atoms with Gasteiger partial charge in [-0.15, -0.1) is 0 Å². The zero-order chi connectivity index (χ0) is 14.1. The van der Waals surface area contributed by atoms with Gasteiger partial charge >= 0.3 is 5.97 Å². The maximum Gasteiger partial charge on any atom is 0.325 e. The minimum atomic E-state index is -0.217. The van der Waals surface area contributed by atoms with Crippen LogP contribution in [0, 0.1) is 0 Å². The summed E-state index contributed by atoms with van der Waals surface area (Å²) in [6, 6.07) is 5.88. The first-order valence-electron chi connectivity index (χ1n) is 6.87. The summed E-state index contributed by atoms with van der Waals surface area (Å²) < 4.78 is 7.10. The van der Waals surface area contributed by atoms with Gasteiger partial charge in [-0.2, -0.15) is 0 Å². The lowest BCUT2D eigenvalue weighted by molar-refractivity contribution is -0.143. The van der Waals surface area contributed by atoms with Gasteiger partial charge in [0.25, 0.3) is 0 Å². The van der Waals surface area contributed by atoms with Crippen LogP contribution in [0.5, 0.6) is 0 Å². The third kappa shape index (κ3) is 2.19. The van der Waals surface area contributed by atoms with Crippen molar-refractivity contribution in [2.45, 2.75) is 26.4 Å². The van der Waals surface area contributed by atoms with Gasteiger partial charge in [-0.3, -0.25) is 4.79 Å². The molecule has 0 fully saturated rings. The van der Waals surface area contributed by atoms with Crippen LogP contribution >= 0.6 is 11.6 Å². The summed E-state index contributed by atoms with van der Waals surface area (Å²) in [6.07, 6.45) is 0.903. The van der Waals surface area contributed by atoms with Crippen LogP contribution in [0.4, 0.5) is 0 Å². The van der Waals surface area contributed by atoms with Crippen molar-refractivity contribution in [2.24, 2.45) is 0 Å². The summed E-state index contributed by atoms with van der Waals surface area (Å²) in [7, 11) is 0. The number of carbonyl (C=O) groups is 1. The standard InChI is InChI=1S/C15H17ClN2O2/c1-2-20-14(19)9-18-13-6-7-17-8-11(13)10-4-3-5-12(16)15(10)18/h3-5,17H,2,6-9H2,1H3. The molecule has 0 aliphatic carbocycles. The van der Waals surface area contributed by atoms with Crippen molar-refractivity contribution in [3.63, 3.8) is 0 Å². The second kappa shape index (κ2) is 5.46. The molecule has 0 unspecified atom stereocenters. The number of ether oxygens (including phenoxy) is 1. The minimum Gasteiger partial charge on any atom is -0.465 e. The van der Waals surface area contributed by atoms with Crippen molar-refractivity contribution in [1.82, 2.24) is 9.88 Å². The van der Waals surface area contributed by atoms with E-state index in [1.54, 1.807) is 0 Å². The van der Waals surface area contributed by atoms with E-state index in [0.29, 0.717) is 11.6 Å². The van der Waals surface area contributed by atoms with E-state index in [4.69, 9.17) is 16.3 Å². The average Bonchev–Trinajstić information content (AvgIpc) is 2.76. The Morgan fingerprint density at radius 3 is 3.15 bits per heavy atom. The predicted molar refractivity (Wildman–Crippen MR) is 79.0 cm³/mol. The smallest absolute Gasteiger partial charge is 0.325 e. The van der Waals surface area contributed by atoms with Gasteiger partial charge in [-0.05, 0) is 18.6 Å². The molecule has 0 saturated carbocycles. The molecule has 0 atom stereocenters. The van der Waals surface area contributed by atoms with Crippen LogP contribution in [0.25, 0.3) is 10.9 Å². The molecule has 2 aromatic rings. The monoisotopic (exact) mass is 292 g/mol. The first-order valence-corrected chi connectivity index (χ1v) is 7.25. The Bertz CT molecular complexity index is 663. The Morgan fingerprint density at radius 1 is 1.50 bits per heavy atom. The second-order valence-corrected chi connectivity index (χ2v) is 5.29. The predicted octanol–water partition coefficient (Wildman–Crippen LogP) is 2.50. The lowest BCUT2D eigenvalue weighted by atomic mass is 10.1. The summed E-state index contributed by atoms with van der Waals surface area (Å²) in [5.74, 6) is -0.217. The van der Waals surface area contributed by atoms with E-state index in [0.717, 1.165) is 30.4 Å². The quantitative estimate of drug-likeness (QED) is 0.884. The second-order valence-electron chi connectivity index (χ2n) is 4.88. The van der Waals surface area contributed by atoms with Crippen LogP contribution in [0.2, 0.25) is 5.02 Å². The van der Waals surface area contributed by atoms with E-state index >= 15 is 0 Å². The number of fused-ring (bicyclic) bond motifs is 3. The van der Waals surface area contributed by atoms with Crippen LogP contribution in [0.1, 0.15) is 18.2 Å². The van der Waals surface area contributed by atoms with Gasteiger partial charge in [-0.25, -0.2) is 0 Å².